The Morgan fingerprint density at radius 3 is 2.77 bits per heavy atom. The van der Waals surface area contributed by atoms with Crippen LogP contribution in [-0.4, -0.2) is 43.0 Å². The zero-order valence-electron chi connectivity index (χ0n) is 16.5. The van der Waals surface area contributed by atoms with E-state index in [1.54, 1.807) is 13.0 Å². The molecule has 6 nitrogen and oxygen atoms in total. The predicted molar refractivity (Wildman–Crippen MR) is 109 cm³/mol. The number of nitrogens with zero attached hydrogens (tertiary/aromatic N) is 2. The highest BCUT2D eigenvalue weighted by Gasteiger charge is 2.31. The molecule has 0 aliphatic carbocycles. The molecule has 0 spiro atoms. The number of sulfonamides is 1. The number of hydrogen-bond donors (Lipinski definition) is 1. The van der Waals surface area contributed by atoms with E-state index in [2.05, 4.69) is 10.3 Å². The van der Waals surface area contributed by atoms with Crippen LogP contribution in [0, 0.1) is 12.8 Å². The fourth-order valence-corrected chi connectivity index (χ4v) is 5.26. The smallest absolute Gasteiger partial charge is 0.316 e. The van der Waals surface area contributed by atoms with Gasteiger partial charge in [0.05, 0.1) is 28.4 Å². The summed E-state index contributed by atoms with van der Waals surface area (Å²) in [4.78, 5) is 17.0. The standard InChI is InChI=1S/C19H22F3N3O3S2/c1-12-18(24-17(26)14-6-4-8-25(11-14)30(2,27)28)29-16(23-12)10-13-5-3-7-15(9-13)19(20,21)22/h3,5,7,9,14H,4,6,8,10-11H2,1-2H3,(H,24,26). The summed E-state index contributed by atoms with van der Waals surface area (Å²) >= 11 is 1.21. The Kier molecular flexibility index (Phi) is 6.54. The normalized spacial score (nSPS) is 18.4. The van der Waals surface area contributed by atoms with Crippen molar-refractivity contribution in [1.29, 1.82) is 0 Å². The van der Waals surface area contributed by atoms with Crippen molar-refractivity contribution in [2.45, 2.75) is 32.4 Å². The third kappa shape index (κ3) is 5.58. The molecule has 0 bridgehead atoms. The SMILES string of the molecule is Cc1nc(Cc2cccc(C(F)(F)F)c2)sc1NC(=O)C1CCCN(S(C)(=O)=O)C1. The van der Waals surface area contributed by atoms with Crippen LogP contribution in [0.2, 0.25) is 0 Å². The molecule has 1 N–H and O–H groups in total. The lowest BCUT2D eigenvalue weighted by molar-refractivity contribution is -0.137. The number of nitrogens with one attached hydrogen (secondary N) is 1. The Morgan fingerprint density at radius 1 is 1.37 bits per heavy atom. The van der Waals surface area contributed by atoms with E-state index in [1.165, 1.54) is 21.7 Å². The van der Waals surface area contributed by atoms with E-state index in [9.17, 15) is 26.4 Å². The quantitative estimate of drug-likeness (QED) is 0.737. The van der Waals surface area contributed by atoms with Crippen LogP contribution in [0.3, 0.4) is 0 Å². The van der Waals surface area contributed by atoms with Crippen molar-refractivity contribution in [3.63, 3.8) is 0 Å². The number of carbonyl (C=O) groups excluding carboxylic acids is 1. The van der Waals surface area contributed by atoms with E-state index in [-0.39, 0.29) is 18.9 Å². The molecule has 1 atom stereocenters. The van der Waals surface area contributed by atoms with Crippen LogP contribution in [-0.2, 0) is 27.4 Å². The second kappa shape index (κ2) is 8.64. The number of anilines is 1. The van der Waals surface area contributed by atoms with Crippen LogP contribution in [0.5, 0.6) is 0 Å². The van der Waals surface area contributed by atoms with E-state index < -0.39 is 27.7 Å². The van der Waals surface area contributed by atoms with Crippen molar-refractivity contribution in [2.75, 3.05) is 24.7 Å². The summed E-state index contributed by atoms with van der Waals surface area (Å²) in [7, 11) is -3.35. The number of carbonyl (C=O) groups is 1. The largest absolute Gasteiger partial charge is 0.416 e. The van der Waals surface area contributed by atoms with Gasteiger partial charge in [-0.3, -0.25) is 4.79 Å². The number of benzene rings is 1. The lowest BCUT2D eigenvalue weighted by Gasteiger charge is -2.29. The van der Waals surface area contributed by atoms with Gasteiger partial charge in [0.1, 0.15) is 5.00 Å². The van der Waals surface area contributed by atoms with Gasteiger partial charge in [0.15, 0.2) is 0 Å². The molecular formula is C19H22F3N3O3S2. The van der Waals surface area contributed by atoms with Crippen molar-refractivity contribution >= 4 is 32.3 Å². The molecule has 2 aromatic rings. The van der Waals surface area contributed by atoms with Crippen molar-refractivity contribution in [3.05, 3.63) is 46.1 Å². The Balaban J connectivity index is 1.69. The van der Waals surface area contributed by atoms with Crippen molar-refractivity contribution < 1.29 is 26.4 Å². The second-order valence-corrected chi connectivity index (χ2v) is 10.4. The summed E-state index contributed by atoms with van der Waals surface area (Å²) in [5.41, 5.74) is 0.341. The molecule has 1 aromatic heterocycles. The van der Waals surface area contributed by atoms with E-state index >= 15 is 0 Å². The zero-order chi connectivity index (χ0) is 22.1. The Labute approximate surface area is 177 Å². The van der Waals surface area contributed by atoms with Gasteiger partial charge in [0.25, 0.3) is 0 Å². The molecule has 11 heteroatoms. The van der Waals surface area contributed by atoms with Crippen LogP contribution in [0.25, 0.3) is 0 Å². The number of aryl methyl sites for hydroxylation is 1. The van der Waals surface area contributed by atoms with E-state index in [0.717, 1.165) is 18.4 Å². The first-order valence-electron chi connectivity index (χ1n) is 9.32. The summed E-state index contributed by atoms with van der Waals surface area (Å²) in [6.07, 6.45) is -1.87. The van der Waals surface area contributed by atoms with Gasteiger partial charge in [-0.15, -0.1) is 11.3 Å². The molecule has 30 heavy (non-hydrogen) atoms. The molecule has 1 aliphatic rings. The number of thiazole rings is 1. The number of hydrogen-bond acceptors (Lipinski definition) is 5. The van der Waals surface area contributed by atoms with Crippen molar-refractivity contribution in [3.8, 4) is 0 Å². The van der Waals surface area contributed by atoms with Gasteiger partial charge in [-0.25, -0.2) is 17.7 Å². The topological polar surface area (TPSA) is 79.4 Å². The first-order valence-corrected chi connectivity index (χ1v) is 12.0. The molecule has 1 aliphatic heterocycles. The van der Waals surface area contributed by atoms with Crippen LogP contribution >= 0.6 is 11.3 Å². The molecule has 3 rings (SSSR count). The molecule has 164 valence electrons. The van der Waals surface area contributed by atoms with Gasteiger partial charge in [0.2, 0.25) is 15.9 Å². The summed E-state index contributed by atoms with van der Waals surface area (Å²) in [6.45, 7) is 2.26. The minimum atomic E-state index is -4.41. The maximum absolute atomic E-state index is 12.9. The lowest BCUT2D eigenvalue weighted by atomic mass is 9.99. The molecule has 1 unspecified atom stereocenters. The van der Waals surface area contributed by atoms with Gasteiger partial charge >= 0.3 is 6.18 Å². The van der Waals surface area contributed by atoms with Crippen molar-refractivity contribution in [1.82, 2.24) is 9.29 Å². The Bertz CT molecular complexity index is 1040. The minimum Gasteiger partial charge on any atom is -0.316 e. The summed E-state index contributed by atoms with van der Waals surface area (Å²) < 4.78 is 63.5. The summed E-state index contributed by atoms with van der Waals surface area (Å²) in [5.74, 6) is -0.734. The van der Waals surface area contributed by atoms with Gasteiger partial charge < -0.3 is 5.32 Å². The predicted octanol–water partition coefficient (Wildman–Crippen LogP) is 3.67. The third-order valence-corrected chi connectivity index (χ3v) is 7.25. The van der Waals surface area contributed by atoms with Crippen LogP contribution in [0.1, 0.15) is 34.7 Å². The number of amides is 1. The fraction of sp³-hybridized carbons (Fsp3) is 0.474. The molecule has 1 aromatic carbocycles. The molecule has 1 amide bonds. The highest BCUT2D eigenvalue weighted by Crippen LogP contribution is 2.31. The van der Waals surface area contributed by atoms with Gasteiger partial charge in [0, 0.05) is 19.5 Å². The molecule has 1 fully saturated rings. The highest BCUT2D eigenvalue weighted by atomic mass is 32.2. The first-order chi connectivity index (χ1) is 13.9. The van der Waals surface area contributed by atoms with Crippen molar-refractivity contribution in [2.24, 2.45) is 5.92 Å². The lowest BCUT2D eigenvalue weighted by Crippen LogP contribution is -2.43. The van der Waals surface area contributed by atoms with Gasteiger partial charge in [-0.2, -0.15) is 13.2 Å². The Hall–Kier alpha value is -1.98. The molecule has 0 saturated carbocycles. The van der Waals surface area contributed by atoms with Crippen LogP contribution < -0.4 is 5.32 Å². The first kappa shape index (κ1) is 22.7. The van der Waals surface area contributed by atoms with Crippen LogP contribution in [0.4, 0.5) is 18.2 Å². The third-order valence-electron chi connectivity index (χ3n) is 4.91. The highest BCUT2D eigenvalue weighted by molar-refractivity contribution is 7.88. The maximum Gasteiger partial charge on any atom is 0.416 e. The Morgan fingerprint density at radius 2 is 2.10 bits per heavy atom. The molecular weight excluding hydrogens is 439 g/mol. The van der Waals surface area contributed by atoms with Crippen LogP contribution in [0.15, 0.2) is 24.3 Å². The van der Waals surface area contributed by atoms with Gasteiger partial charge in [-0.05, 0) is 31.4 Å². The van der Waals surface area contributed by atoms with E-state index in [0.29, 0.717) is 40.7 Å². The summed E-state index contributed by atoms with van der Waals surface area (Å²) in [5, 5.41) is 3.92. The minimum absolute atomic E-state index is 0.139. The average Bonchev–Trinajstić information content (AvgIpc) is 2.99. The fourth-order valence-electron chi connectivity index (χ4n) is 3.35. The number of rotatable bonds is 5. The summed E-state index contributed by atoms with van der Waals surface area (Å²) in [6, 6.07) is 5.08. The van der Waals surface area contributed by atoms with E-state index in [1.807, 2.05) is 0 Å². The van der Waals surface area contributed by atoms with E-state index in [4.69, 9.17) is 0 Å². The molecule has 1 saturated heterocycles. The maximum atomic E-state index is 12.9. The second-order valence-electron chi connectivity index (χ2n) is 7.35. The monoisotopic (exact) mass is 461 g/mol. The number of aromatic nitrogens is 1. The number of piperidine rings is 1. The van der Waals surface area contributed by atoms with Gasteiger partial charge in [-0.1, -0.05) is 18.2 Å². The zero-order valence-corrected chi connectivity index (χ0v) is 18.1. The number of halogens is 3. The molecule has 0 radical (unpaired) electrons. The average molecular weight is 462 g/mol. The molecule has 2 heterocycles. The number of alkyl halides is 3.